The highest BCUT2D eigenvalue weighted by Crippen LogP contribution is 2.37. The number of halogens is 1. The molecule has 4 fully saturated rings. The number of carbonyl (C=O) groups is 2. The zero-order chi connectivity index (χ0) is 23.5. The molecule has 4 saturated heterocycles. The molecule has 6 rings (SSSR count). The van der Waals surface area contributed by atoms with E-state index in [4.69, 9.17) is 4.74 Å². The van der Waals surface area contributed by atoms with Crippen molar-refractivity contribution in [3.8, 4) is 0 Å². The smallest absolute Gasteiger partial charge is 0.328 e. The van der Waals surface area contributed by atoms with Crippen molar-refractivity contribution >= 4 is 11.8 Å². The molecule has 188 valence electrons. The maximum Gasteiger partial charge on any atom is 0.328 e. The molecule has 35 heavy (non-hydrogen) atoms. The second-order valence-corrected chi connectivity index (χ2v) is 10.8. The van der Waals surface area contributed by atoms with Gasteiger partial charge in [-0.15, -0.1) is 0 Å². The number of quaternary nitrogens is 1. The van der Waals surface area contributed by atoms with E-state index in [0.717, 1.165) is 74.0 Å². The first-order chi connectivity index (χ1) is 16.5. The Hall–Kier alpha value is -2.02. The molecule has 2 aromatic rings. The van der Waals surface area contributed by atoms with Crippen molar-refractivity contribution in [1.82, 2.24) is 4.90 Å². The summed E-state index contributed by atoms with van der Waals surface area (Å²) in [7, 11) is 0. The molecule has 2 bridgehead atoms. The fourth-order valence-electron chi connectivity index (χ4n) is 6.23. The molecule has 4 aliphatic rings. The lowest BCUT2D eigenvalue weighted by molar-refractivity contribution is -0.938. The summed E-state index contributed by atoms with van der Waals surface area (Å²) in [6, 6.07) is 19.3. The quantitative estimate of drug-likeness (QED) is 0.303. The number of piperidine rings is 4. The van der Waals surface area contributed by atoms with E-state index >= 15 is 0 Å². The molecule has 0 aromatic heterocycles. The number of esters is 1. The van der Waals surface area contributed by atoms with E-state index in [1.807, 2.05) is 60.7 Å². The number of likely N-dealkylation sites (tertiary alicyclic amines) is 1. The van der Waals surface area contributed by atoms with E-state index in [1.165, 1.54) is 0 Å². The lowest BCUT2D eigenvalue weighted by Crippen LogP contribution is -3.00. The van der Waals surface area contributed by atoms with Gasteiger partial charge in [0.05, 0.1) is 13.1 Å². The molecule has 5 nitrogen and oxygen atoms in total. The Bertz CT molecular complexity index is 984. The van der Waals surface area contributed by atoms with Crippen LogP contribution in [0.1, 0.15) is 54.6 Å². The van der Waals surface area contributed by atoms with Crippen LogP contribution in [0, 0.1) is 11.8 Å². The van der Waals surface area contributed by atoms with Crippen LogP contribution < -0.4 is 17.0 Å². The summed E-state index contributed by atoms with van der Waals surface area (Å²) in [6.07, 6.45) is 4.18. The van der Waals surface area contributed by atoms with Gasteiger partial charge in [0, 0.05) is 24.3 Å². The van der Waals surface area contributed by atoms with Gasteiger partial charge in [0.15, 0.2) is 6.10 Å². The molecule has 0 radical (unpaired) electrons. The molecule has 2 aromatic carbocycles. The molecule has 0 aliphatic carbocycles. The Morgan fingerprint density at radius 1 is 0.943 bits per heavy atom. The number of fused-ring (bicyclic) bond motifs is 3. The Morgan fingerprint density at radius 2 is 1.54 bits per heavy atom. The predicted molar refractivity (Wildman–Crippen MR) is 132 cm³/mol. The summed E-state index contributed by atoms with van der Waals surface area (Å²) in [4.78, 5) is 29.0. The number of hydrogen-bond acceptors (Lipinski definition) is 4. The van der Waals surface area contributed by atoms with Crippen LogP contribution in [-0.2, 0) is 9.53 Å². The van der Waals surface area contributed by atoms with Gasteiger partial charge in [0.1, 0.15) is 19.1 Å². The van der Waals surface area contributed by atoms with Crippen LogP contribution in [0.2, 0.25) is 0 Å². The number of hydrogen-bond donors (Lipinski definition) is 0. The van der Waals surface area contributed by atoms with Crippen LogP contribution >= 0.6 is 0 Å². The Balaban J connectivity index is 0.00000289. The molecular weight excluding hydrogens is 504 g/mol. The zero-order valence-corrected chi connectivity index (χ0v) is 22.2. The fraction of sp³-hybridized carbons (Fsp3) is 0.517. The van der Waals surface area contributed by atoms with Gasteiger partial charge in [-0.1, -0.05) is 67.6 Å². The largest absolute Gasteiger partial charge is 1.00 e. The standard InChI is InChI=1S/C29H37N2O3.BrH/c1-22-12-16-30(17-13-22)28(25-10-6-3-7-11-25)29(33)34-27-21-31(18-14-24(27)15-19-31)20-26(32)23-8-4-2-5-9-23;/h2-11,22,24,27-28H,12-21H2,1H3;1H/q+1;/p-1/t24?,27-,28?,31?;/m0./s1. The van der Waals surface area contributed by atoms with Crippen LogP contribution in [0.25, 0.3) is 0 Å². The molecule has 2 atom stereocenters. The topological polar surface area (TPSA) is 46.6 Å². The molecular formula is C29H37BrN2O3. The molecule has 0 spiro atoms. The summed E-state index contributed by atoms with van der Waals surface area (Å²) in [5, 5.41) is 0. The predicted octanol–water partition coefficient (Wildman–Crippen LogP) is 1.50. The van der Waals surface area contributed by atoms with Crippen molar-refractivity contribution in [3.63, 3.8) is 0 Å². The molecule has 0 saturated carbocycles. The Kier molecular flexibility index (Phi) is 8.46. The second-order valence-electron chi connectivity index (χ2n) is 10.8. The molecule has 0 N–H and O–H groups in total. The monoisotopic (exact) mass is 540 g/mol. The molecule has 6 heteroatoms. The first kappa shape index (κ1) is 26.1. The van der Waals surface area contributed by atoms with Crippen molar-refractivity contribution in [2.24, 2.45) is 11.8 Å². The van der Waals surface area contributed by atoms with Gasteiger partial charge in [0.25, 0.3) is 0 Å². The molecule has 1 unspecified atom stereocenters. The van der Waals surface area contributed by atoms with Gasteiger partial charge in [0.2, 0.25) is 5.78 Å². The maximum atomic E-state index is 13.7. The average Bonchev–Trinajstić information content (AvgIpc) is 2.87. The SMILES string of the molecule is CC1CCN(C(C(=O)O[C@H]2C[N+]3(CC(=O)c4ccccc4)CCC2CC3)c2ccccc2)CC1.[Br-]. The minimum absolute atomic E-state index is 0. The maximum absolute atomic E-state index is 13.7. The lowest BCUT2D eigenvalue weighted by atomic mass is 9.82. The number of Topliss-reactive ketones (excluding diaryl/α,β-unsaturated/α-hetero) is 1. The Morgan fingerprint density at radius 3 is 2.17 bits per heavy atom. The highest BCUT2D eigenvalue weighted by Gasteiger charge is 2.49. The van der Waals surface area contributed by atoms with Gasteiger partial charge in [-0.25, -0.2) is 4.79 Å². The van der Waals surface area contributed by atoms with Crippen LogP contribution in [0.15, 0.2) is 60.7 Å². The van der Waals surface area contributed by atoms with Crippen molar-refractivity contribution in [3.05, 3.63) is 71.8 Å². The third-order valence-electron chi connectivity index (χ3n) is 8.41. The third kappa shape index (κ3) is 5.87. The van der Waals surface area contributed by atoms with Gasteiger partial charge in [-0.05, 0) is 37.4 Å². The van der Waals surface area contributed by atoms with E-state index in [2.05, 4.69) is 11.8 Å². The molecule has 0 amide bonds. The summed E-state index contributed by atoms with van der Waals surface area (Å²) in [6.45, 7) is 7.41. The fourth-order valence-corrected chi connectivity index (χ4v) is 6.23. The lowest BCUT2D eigenvalue weighted by Gasteiger charge is -2.51. The number of ether oxygens (including phenoxy) is 1. The minimum atomic E-state index is -0.344. The zero-order valence-electron chi connectivity index (χ0n) is 20.7. The normalized spacial score (nSPS) is 27.6. The Labute approximate surface area is 219 Å². The van der Waals surface area contributed by atoms with Crippen molar-refractivity contribution in [2.75, 3.05) is 39.3 Å². The summed E-state index contributed by atoms with van der Waals surface area (Å²) < 4.78 is 7.08. The summed E-state index contributed by atoms with van der Waals surface area (Å²) in [5.74, 6) is 1.19. The van der Waals surface area contributed by atoms with E-state index in [1.54, 1.807) is 0 Å². The highest BCUT2D eigenvalue weighted by molar-refractivity contribution is 5.97. The number of carbonyl (C=O) groups excluding carboxylic acids is 2. The number of benzene rings is 2. The van der Waals surface area contributed by atoms with Gasteiger partial charge < -0.3 is 26.2 Å². The first-order valence-corrected chi connectivity index (χ1v) is 13.0. The van der Waals surface area contributed by atoms with Crippen molar-refractivity contribution < 1.29 is 35.8 Å². The van der Waals surface area contributed by atoms with Gasteiger partial charge in [-0.2, -0.15) is 0 Å². The van der Waals surface area contributed by atoms with E-state index in [9.17, 15) is 9.59 Å². The third-order valence-corrected chi connectivity index (χ3v) is 8.41. The van der Waals surface area contributed by atoms with E-state index < -0.39 is 0 Å². The van der Waals surface area contributed by atoms with Crippen molar-refractivity contribution in [2.45, 2.75) is 44.8 Å². The average molecular weight is 542 g/mol. The second kappa shape index (κ2) is 11.4. The number of rotatable bonds is 7. The van der Waals surface area contributed by atoms with Gasteiger partial charge >= 0.3 is 5.97 Å². The summed E-state index contributed by atoms with van der Waals surface area (Å²) in [5.41, 5.74) is 1.80. The molecule has 4 aliphatic heterocycles. The highest BCUT2D eigenvalue weighted by atomic mass is 79.9. The van der Waals surface area contributed by atoms with Crippen LogP contribution in [-0.4, -0.2) is 66.5 Å². The van der Waals surface area contributed by atoms with E-state index in [-0.39, 0.29) is 40.9 Å². The number of ketones is 1. The number of nitrogens with zero attached hydrogens (tertiary/aromatic N) is 2. The minimum Gasteiger partial charge on any atom is -1.00 e. The van der Waals surface area contributed by atoms with Gasteiger partial charge in [-0.3, -0.25) is 9.69 Å². The van der Waals surface area contributed by atoms with Crippen LogP contribution in [0.3, 0.4) is 0 Å². The summed E-state index contributed by atoms with van der Waals surface area (Å²) >= 11 is 0. The van der Waals surface area contributed by atoms with E-state index in [0.29, 0.717) is 18.4 Å². The first-order valence-electron chi connectivity index (χ1n) is 13.0. The molecule has 4 heterocycles. The van der Waals surface area contributed by atoms with Crippen molar-refractivity contribution in [1.29, 1.82) is 0 Å². The van der Waals surface area contributed by atoms with Crippen LogP contribution in [0.5, 0.6) is 0 Å². The van der Waals surface area contributed by atoms with Crippen LogP contribution in [0.4, 0.5) is 0 Å².